The van der Waals surface area contributed by atoms with E-state index in [4.69, 9.17) is 4.52 Å². The van der Waals surface area contributed by atoms with Crippen molar-refractivity contribution in [1.29, 1.82) is 0 Å². The second-order valence-electron chi connectivity index (χ2n) is 7.94. The van der Waals surface area contributed by atoms with Crippen molar-refractivity contribution in [3.63, 3.8) is 0 Å². The summed E-state index contributed by atoms with van der Waals surface area (Å²) in [6.07, 6.45) is 3.74. The van der Waals surface area contributed by atoms with Gasteiger partial charge in [0.25, 0.3) is 0 Å². The molecule has 2 heterocycles. The van der Waals surface area contributed by atoms with Gasteiger partial charge < -0.3 is 9.09 Å². The van der Waals surface area contributed by atoms with Crippen molar-refractivity contribution in [2.75, 3.05) is 6.26 Å². The van der Waals surface area contributed by atoms with Crippen molar-refractivity contribution in [3.8, 4) is 11.1 Å². The standard InChI is InChI=1S/C22H22N2O3S/c1-13-22(14(2)27-23-13)16-6-9-20-19(10-16)18-8-7-17(28(3,25)26)11-21(18)24(20)12-15-4-5-15/h6-11,15H,4-5,12H2,1-3H3. The molecule has 0 N–H and O–H groups in total. The topological polar surface area (TPSA) is 65.1 Å². The summed E-state index contributed by atoms with van der Waals surface area (Å²) in [6.45, 7) is 4.80. The number of fused-ring (bicyclic) bond motifs is 3. The lowest BCUT2D eigenvalue weighted by atomic mass is 10.0. The van der Waals surface area contributed by atoms with Gasteiger partial charge in [-0.15, -0.1) is 0 Å². The largest absolute Gasteiger partial charge is 0.361 e. The van der Waals surface area contributed by atoms with Gasteiger partial charge in [-0.05, 0) is 62.4 Å². The molecule has 1 saturated carbocycles. The van der Waals surface area contributed by atoms with Crippen LogP contribution in [-0.4, -0.2) is 24.4 Å². The zero-order chi connectivity index (χ0) is 19.6. The smallest absolute Gasteiger partial charge is 0.175 e. The number of hydrogen-bond acceptors (Lipinski definition) is 4. The summed E-state index contributed by atoms with van der Waals surface area (Å²) in [5.41, 5.74) is 5.10. The lowest BCUT2D eigenvalue weighted by Crippen LogP contribution is -2.01. The molecule has 2 aromatic heterocycles. The highest BCUT2D eigenvalue weighted by Crippen LogP contribution is 2.38. The fourth-order valence-electron chi connectivity index (χ4n) is 4.12. The first-order valence-electron chi connectivity index (χ1n) is 9.52. The van der Waals surface area contributed by atoms with Crippen LogP contribution in [0.3, 0.4) is 0 Å². The first kappa shape index (κ1) is 17.5. The van der Waals surface area contributed by atoms with E-state index in [0.29, 0.717) is 10.8 Å². The molecule has 28 heavy (non-hydrogen) atoms. The summed E-state index contributed by atoms with van der Waals surface area (Å²) >= 11 is 0. The summed E-state index contributed by atoms with van der Waals surface area (Å²) in [4.78, 5) is 0.366. The van der Waals surface area contributed by atoms with Crippen LogP contribution in [0.15, 0.2) is 45.8 Å². The fourth-order valence-corrected chi connectivity index (χ4v) is 4.76. The molecular weight excluding hydrogens is 372 g/mol. The molecule has 0 aliphatic heterocycles. The second-order valence-corrected chi connectivity index (χ2v) is 9.95. The van der Waals surface area contributed by atoms with Gasteiger partial charge in [0.1, 0.15) is 5.76 Å². The third kappa shape index (κ3) is 2.75. The molecule has 2 aromatic carbocycles. The van der Waals surface area contributed by atoms with Crippen LogP contribution in [-0.2, 0) is 16.4 Å². The molecule has 1 aliphatic rings. The first-order chi connectivity index (χ1) is 13.3. The van der Waals surface area contributed by atoms with Crippen LogP contribution < -0.4 is 0 Å². The van der Waals surface area contributed by atoms with Gasteiger partial charge in [-0.3, -0.25) is 0 Å². The predicted octanol–water partition coefficient (Wildman–Crippen LogP) is 4.88. The Hall–Kier alpha value is -2.60. The molecule has 0 unspecified atom stereocenters. The highest BCUT2D eigenvalue weighted by molar-refractivity contribution is 7.90. The van der Waals surface area contributed by atoms with Crippen molar-refractivity contribution < 1.29 is 12.9 Å². The van der Waals surface area contributed by atoms with Crippen LogP contribution in [0.1, 0.15) is 24.3 Å². The molecular formula is C22H22N2O3S. The normalized spacial score (nSPS) is 15.0. The highest BCUT2D eigenvalue weighted by atomic mass is 32.2. The molecule has 0 spiro atoms. The number of nitrogens with zero attached hydrogens (tertiary/aromatic N) is 2. The van der Waals surface area contributed by atoms with Gasteiger partial charge in [0.15, 0.2) is 9.84 Å². The quantitative estimate of drug-likeness (QED) is 0.495. The van der Waals surface area contributed by atoms with Gasteiger partial charge in [0, 0.05) is 34.7 Å². The summed E-state index contributed by atoms with van der Waals surface area (Å²) < 4.78 is 31.8. The average molecular weight is 394 g/mol. The van der Waals surface area contributed by atoms with Gasteiger partial charge in [-0.25, -0.2) is 8.42 Å². The molecule has 1 aliphatic carbocycles. The summed E-state index contributed by atoms with van der Waals surface area (Å²) in [7, 11) is -3.25. The molecule has 5 nitrogen and oxygen atoms in total. The number of rotatable bonds is 4. The van der Waals surface area contributed by atoms with Crippen molar-refractivity contribution in [1.82, 2.24) is 9.72 Å². The molecule has 144 valence electrons. The number of benzene rings is 2. The summed E-state index contributed by atoms with van der Waals surface area (Å²) in [6, 6.07) is 11.9. The monoisotopic (exact) mass is 394 g/mol. The van der Waals surface area contributed by atoms with Crippen molar-refractivity contribution in [2.45, 2.75) is 38.1 Å². The Labute approximate surface area is 163 Å². The van der Waals surface area contributed by atoms with Crippen molar-refractivity contribution in [3.05, 3.63) is 47.9 Å². The fraction of sp³-hybridized carbons (Fsp3) is 0.318. The second kappa shape index (κ2) is 5.95. The van der Waals surface area contributed by atoms with Crippen LogP contribution in [0.4, 0.5) is 0 Å². The van der Waals surface area contributed by atoms with Crippen LogP contribution in [0.25, 0.3) is 32.9 Å². The Balaban J connectivity index is 1.80. The molecule has 5 rings (SSSR count). The van der Waals surface area contributed by atoms with E-state index in [9.17, 15) is 8.42 Å². The van der Waals surface area contributed by atoms with Gasteiger partial charge in [0.05, 0.1) is 16.1 Å². The van der Waals surface area contributed by atoms with Crippen LogP contribution in [0.2, 0.25) is 0 Å². The first-order valence-corrected chi connectivity index (χ1v) is 11.4. The predicted molar refractivity (Wildman–Crippen MR) is 110 cm³/mol. The molecule has 1 fully saturated rings. The third-order valence-electron chi connectivity index (χ3n) is 5.73. The molecule has 6 heteroatoms. The van der Waals surface area contributed by atoms with Crippen molar-refractivity contribution in [2.24, 2.45) is 5.92 Å². The van der Waals surface area contributed by atoms with E-state index in [0.717, 1.165) is 50.9 Å². The van der Waals surface area contributed by atoms with Gasteiger partial charge in [0.2, 0.25) is 0 Å². The maximum absolute atomic E-state index is 12.1. The Morgan fingerprint density at radius 1 is 1.07 bits per heavy atom. The Morgan fingerprint density at radius 2 is 1.86 bits per heavy atom. The van der Waals surface area contributed by atoms with Crippen LogP contribution in [0.5, 0.6) is 0 Å². The zero-order valence-corrected chi connectivity index (χ0v) is 17.0. The number of aryl methyl sites for hydroxylation is 2. The minimum Gasteiger partial charge on any atom is -0.361 e. The van der Waals surface area contributed by atoms with Gasteiger partial charge >= 0.3 is 0 Å². The molecule has 0 amide bonds. The molecule has 0 bridgehead atoms. The molecule has 0 saturated heterocycles. The Kier molecular flexibility index (Phi) is 3.72. The van der Waals surface area contributed by atoms with E-state index in [-0.39, 0.29) is 0 Å². The van der Waals surface area contributed by atoms with E-state index in [2.05, 4.69) is 27.9 Å². The maximum atomic E-state index is 12.1. The Bertz CT molecular complexity index is 1320. The molecule has 4 aromatic rings. The van der Waals surface area contributed by atoms with Crippen molar-refractivity contribution >= 4 is 31.6 Å². The minimum atomic E-state index is -3.25. The number of sulfone groups is 1. The number of aromatic nitrogens is 2. The summed E-state index contributed by atoms with van der Waals surface area (Å²) in [5, 5.41) is 6.29. The maximum Gasteiger partial charge on any atom is 0.175 e. The van der Waals surface area contributed by atoms with E-state index in [1.807, 2.05) is 26.0 Å². The van der Waals surface area contributed by atoms with E-state index >= 15 is 0 Å². The van der Waals surface area contributed by atoms with Crippen LogP contribution >= 0.6 is 0 Å². The minimum absolute atomic E-state index is 0.366. The van der Waals surface area contributed by atoms with Gasteiger partial charge in [-0.1, -0.05) is 17.3 Å². The molecule has 0 atom stereocenters. The highest BCUT2D eigenvalue weighted by Gasteiger charge is 2.25. The van der Waals surface area contributed by atoms with E-state index in [1.165, 1.54) is 19.1 Å². The zero-order valence-electron chi connectivity index (χ0n) is 16.2. The average Bonchev–Trinajstić information content (AvgIpc) is 3.34. The lowest BCUT2D eigenvalue weighted by Gasteiger charge is -2.07. The lowest BCUT2D eigenvalue weighted by molar-refractivity contribution is 0.393. The Morgan fingerprint density at radius 3 is 2.50 bits per heavy atom. The third-order valence-corrected chi connectivity index (χ3v) is 6.84. The molecule has 0 radical (unpaired) electrons. The SMILES string of the molecule is Cc1noc(C)c1-c1ccc2c(c1)c1ccc(S(C)(=O)=O)cc1n2CC1CC1. The summed E-state index contributed by atoms with van der Waals surface area (Å²) in [5.74, 6) is 1.49. The van der Waals surface area contributed by atoms with E-state index in [1.54, 1.807) is 6.07 Å². The van der Waals surface area contributed by atoms with Crippen LogP contribution in [0, 0.1) is 19.8 Å². The van der Waals surface area contributed by atoms with E-state index < -0.39 is 9.84 Å². The number of hydrogen-bond donors (Lipinski definition) is 0. The van der Waals surface area contributed by atoms with Gasteiger partial charge in [-0.2, -0.15) is 0 Å².